The smallest absolute Gasteiger partial charge is 0.310 e. The number of hydrogen-bond acceptors (Lipinski definition) is 4. The summed E-state index contributed by atoms with van der Waals surface area (Å²) in [5.41, 5.74) is 2.94. The summed E-state index contributed by atoms with van der Waals surface area (Å²) in [5, 5.41) is 8.78. The first-order valence-electron chi connectivity index (χ1n) is 7.99. The standard InChI is InChI=1S/C19H30O4/c1-18(2,3)14-10-13(11-16(21)23-9-8-20)17(22-7)15(12-14)19(4,5)6/h10,12,20H,8-9,11H2,1-7H3. The summed E-state index contributed by atoms with van der Waals surface area (Å²) in [5.74, 6) is 0.384. The molecule has 0 atom stereocenters. The Labute approximate surface area is 139 Å². The van der Waals surface area contributed by atoms with Crippen LogP contribution in [0.2, 0.25) is 0 Å². The van der Waals surface area contributed by atoms with Crippen molar-refractivity contribution in [2.75, 3.05) is 20.3 Å². The molecule has 0 aromatic heterocycles. The van der Waals surface area contributed by atoms with Crippen LogP contribution in [0, 0.1) is 0 Å². The molecule has 0 saturated heterocycles. The zero-order valence-corrected chi connectivity index (χ0v) is 15.4. The maximum Gasteiger partial charge on any atom is 0.310 e. The Morgan fingerprint density at radius 3 is 2.13 bits per heavy atom. The van der Waals surface area contributed by atoms with Crippen molar-refractivity contribution < 1.29 is 19.4 Å². The molecule has 1 aromatic carbocycles. The van der Waals surface area contributed by atoms with Crippen LogP contribution >= 0.6 is 0 Å². The third-order valence-electron chi connectivity index (χ3n) is 3.73. The molecule has 4 heteroatoms. The molecule has 0 bridgehead atoms. The van der Waals surface area contributed by atoms with Gasteiger partial charge in [0.1, 0.15) is 12.4 Å². The third kappa shape index (κ3) is 5.24. The number of rotatable bonds is 5. The first-order chi connectivity index (χ1) is 10.5. The third-order valence-corrected chi connectivity index (χ3v) is 3.73. The van der Waals surface area contributed by atoms with Crippen LogP contribution in [0.1, 0.15) is 58.2 Å². The molecule has 4 nitrogen and oxygen atoms in total. The van der Waals surface area contributed by atoms with Crippen molar-refractivity contribution in [1.82, 2.24) is 0 Å². The molecule has 0 aliphatic rings. The van der Waals surface area contributed by atoms with Gasteiger partial charge < -0.3 is 14.6 Å². The summed E-state index contributed by atoms with van der Waals surface area (Å²) in [6.45, 7) is 12.7. The zero-order valence-electron chi connectivity index (χ0n) is 15.4. The van der Waals surface area contributed by atoms with Gasteiger partial charge in [0.2, 0.25) is 0 Å². The van der Waals surface area contributed by atoms with E-state index in [0.717, 1.165) is 22.4 Å². The summed E-state index contributed by atoms with van der Waals surface area (Å²) >= 11 is 0. The lowest BCUT2D eigenvalue weighted by molar-refractivity contribution is -0.143. The number of esters is 1. The van der Waals surface area contributed by atoms with Crippen LogP contribution in [0.25, 0.3) is 0 Å². The second-order valence-corrected chi connectivity index (χ2v) is 7.84. The highest BCUT2D eigenvalue weighted by Crippen LogP contribution is 2.38. The number of carbonyl (C=O) groups excluding carboxylic acids is 1. The molecular formula is C19H30O4. The van der Waals surface area contributed by atoms with Gasteiger partial charge in [-0.1, -0.05) is 53.7 Å². The quantitative estimate of drug-likeness (QED) is 0.845. The maximum atomic E-state index is 12.0. The number of benzene rings is 1. The largest absolute Gasteiger partial charge is 0.496 e. The summed E-state index contributed by atoms with van der Waals surface area (Å²) in [4.78, 5) is 12.0. The van der Waals surface area contributed by atoms with Gasteiger partial charge in [-0.05, 0) is 16.4 Å². The normalized spacial score (nSPS) is 12.2. The van der Waals surface area contributed by atoms with Crippen LogP contribution < -0.4 is 4.74 Å². The summed E-state index contributed by atoms with van der Waals surface area (Å²) in [6, 6.07) is 4.19. The minimum Gasteiger partial charge on any atom is -0.496 e. The van der Waals surface area contributed by atoms with Gasteiger partial charge in [0.15, 0.2) is 0 Å². The average Bonchev–Trinajstić information content (AvgIpc) is 2.42. The molecule has 23 heavy (non-hydrogen) atoms. The molecule has 1 rings (SSSR count). The Morgan fingerprint density at radius 2 is 1.70 bits per heavy atom. The monoisotopic (exact) mass is 322 g/mol. The van der Waals surface area contributed by atoms with Crippen molar-refractivity contribution in [3.63, 3.8) is 0 Å². The summed E-state index contributed by atoms with van der Waals surface area (Å²) < 4.78 is 10.6. The molecular weight excluding hydrogens is 292 g/mol. The van der Waals surface area contributed by atoms with Gasteiger partial charge in [-0.25, -0.2) is 0 Å². The maximum absolute atomic E-state index is 12.0. The predicted molar refractivity (Wildman–Crippen MR) is 92.1 cm³/mol. The first-order valence-corrected chi connectivity index (χ1v) is 7.99. The van der Waals surface area contributed by atoms with Gasteiger partial charge in [0, 0.05) is 11.1 Å². The predicted octanol–water partition coefficient (Wildman–Crippen LogP) is 3.37. The van der Waals surface area contributed by atoms with Crippen molar-refractivity contribution in [3.8, 4) is 5.75 Å². The van der Waals surface area contributed by atoms with E-state index in [4.69, 9.17) is 14.6 Å². The van der Waals surface area contributed by atoms with Crippen LogP contribution in [0.4, 0.5) is 0 Å². The highest BCUT2D eigenvalue weighted by atomic mass is 16.5. The van der Waals surface area contributed by atoms with Crippen LogP contribution in [-0.4, -0.2) is 31.4 Å². The van der Waals surface area contributed by atoms with Gasteiger partial charge in [0.05, 0.1) is 20.1 Å². The van der Waals surface area contributed by atoms with Gasteiger partial charge in [-0.2, -0.15) is 0 Å². The first kappa shape index (κ1) is 19.5. The molecule has 0 unspecified atom stereocenters. The lowest BCUT2D eigenvalue weighted by Gasteiger charge is -2.28. The van der Waals surface area contributed by atoms with E-state index in [1.807, 2.05) is 6.07 Å². The lowest BCUT2D eigenvalue weighted by atomic mass is 9.78. The van der Waals surface area contributed by atoms with Crippen LogP contribution in [-0.2, 0) is 26.8 Å². The van der Waals surface area contributed by atoms with E-state index in [0.29, 0.717) is 0 Å². The Morgan fingerprint density at radius 1 is 1.09 bits per heavy atom. The van der Waals surface area contributed by atoms with E-state index in [1.165, 1.54) is 0 Å². The summed E-state index contributed by atoms with van der Waals surface area (Å²) in [6.07, 6.45) is 0.135. The van der Waals surface area contributed by atoms with Gasteiger partial charge in [-0.15, -0.1) is 0 Å². The van der Waals surface area contributed by atoms with Gasteiger partial charge in [0.25, 0.3) is 0 Å². The second kappa shape index (κ2) is 7.35. The fraction of sp³-hybridized carbons (Fsp3) is 0.632. The van der Waals surface area contributed by atoms with E-state index in [9.17, 15) is 4.79 Å². The zero-order chi connectivity index (χ0) is 17.8. The molecule has 0 spiro atoms. The van der Waals surface area contributed by atoms with E-state index in [1.54, 1.807) is 7.11 Å². The molecule has 0 heterocycles. The number of methoxy groups -OCH3 is 1. The molecule has 0 saturated carbocycles. The topological polar surface area (TPSA) is 55.8 Å². The number of carbonyl (C=O) groups is 1. The van der Waals surface area contributed by atoms with Crippen LogP contribution in [0.3, 0.4) is 0 Å². The number of aliphatic hydroxyl groups is 1. The van der Waals surface area contributed by atoms with Crippen molar-refractivity contribution in [3.05, 3.63) is 28.8 Å². The molecule has 0 radical (unpaired) electrons. The lowest BCUT2D eigenvalue weighted by Crippen LogP contribution is -2.20. The highest BCUT2D eigenvalue weighted by Gasteiger charge is 2.26. The minimum atomic E-state index is -0.358. The molecule has 0 aliphatic carbocycles. The van der Waals surface area contributed by atoms with E-state index in [2.05, 4.69) is 47.6 Å². The van der Waals surface area contributed by atoms with E-state index < -0.39 is 0 Å². The Balaban J connectivity index is 3.38. The molecule has 1 aromatic rings. The summed E-state index contributed by atoms with van der Waals surface area (Å²) in [7, 11) is 1.63. The number of ether oxygens (including phenoxy) is 2. The fourth-order valence-electron chi connectivity index (χ4n) is 2.42. The van der Waals surface area contributed by atoms with Crippen LogP contribution in [0.5, 0.6) is 5.75 Å². The van der Waals surface area contributed by atoms with Crippen molar-refractivity contribution in [2.24, 2.45) is 0 Å². The number of aliphatic hydroxyl groups excluding tert-OH is 1. The number of hydrogen-bond donors (Lipinski definition) is 1. The van der Waals surface area contributed by atoms with Crippen molar-refractivity contribution in [1.29, 1.82) is 0 Å². The average molecular weight is 322 g/mol. The minimum absolute atomic E-state index is 0.0201. The van der Waals surface area contributed by atoms with Crippen molar-refractivity contribution in [2.45, 2.75) is 58.8 Å². The SMILES string of the molecule is COc1c(CC(=O)OCCO)cc(C(C)(C)C)cc1C(C)(C)C. The van der Waals surface area contributed by atoms with E-state index in [-0.39, 0.29) is 36.4 Å². The molecule has 1 N–H and O–H groups in total. The van der Waals surface area contributed by atoms with Crippen molar-refractivity contribution >= 4 is 5.97 Å². The Bertz CT molecular complexity index is 548. The van der Waals surface area contributed by atoms with Gasteiger partial charge >= 0.3 is 5.97 Å². The van der Waals surface area contributed by atoms with Crippen LogP contribution in [0.15, 0.2) is 12.1 Å². The Kier molecular flexibility index (Phi) is 6.23. The molecule has 0 fully saturated rings. The highest BCUT2D eigenvalue weighted by molar-refractivity contribution is 5.74. The van der Waals surface area contributed by atoms with Gasteiger partial charge in [-0.3, -0.25) is 4.79 Å². The molecule has 0 aliphatic heterocycles. The molecule has 130 valence electrons. The molecule has 0 amide bonds. The fourth-order valence-corrected chi connectivity index (χ4v) is 2.42. The van der Waals surface area contributed by atoms with E-state index >= 15 is 0 Å². The Hall–Kier alpha value is -1.55. The second-order valence-electron chi connectivity index (χ2n) is 7.84.